The molecule has 21 heavy (non-hydrogen) atoms. The Hall–Kier alpha value is -1.39. The van der Waals surface area contributed by atoms with Crippen molar-refractivity contribution < 1.29 is 4.79 Å². The first-order valence-electron chi connectivity index (χ1n) is 7.95. The van der Waals surface area contributed by atoms with Gasteiger partial charge in [0.2, 0.25) is 5.91 Å². The smallest absolute Gasteiger partial charge is 0.237 e. The summed E-state index contributed by atoms with van der Waals surface area (Å²) in [7, 11) is 0. The van der Waals surface area contributed by atoms with Gasteiger partial charge in [-0.1, -0.05) is 24.3 Å². The lowest BCUT2D eigenvalue weighted by Crippen LogP contribution is -2.56. The SMILES string of the molecule is CC1CN(CC(=O)N2CCc3ccccc3C2)CC(C)N1. The van der Waals surface area contributed by atoms with Gasteiger partial charge in [0, 0.05) is 38.3 Å². The highest BCUT2D eigenvalue weighted by Gasteiger charge is 2.26. The zero-order chi connectivity index (χ0) is 14.8. The van der Waals surface area contributed by atoms with Crippen molar-refractivity contribution in [2.45, 2.75) is 38.9 Å². The largest absolute Gasteiger partial charge is 0.337 e. The number of rotatable bonds is 2. The average Bonchev–Trinajstić information content (AvgIpc) is 2.45. The van der Waals surface area contributed by atoms with Gasteiger partial charge < -0.3 is 10.2 Å². The van der Waals surface area contributed by atoms with Crippen LogP contribution in [0.4, 0.5) is 0 Å². The fourth-order valence-electron chi connectivity index (χ4n) is 3.57. The van der Waals surface area contributed by atoms with Crippen LogP contribution in [0, 0.1) is 0 Å². The lowest BCUT2D eigenvalue weighted by atomic mass is 10.00. The summed E-state index contributed by atoms with van der Waals surface area (Å²) >= 11 is 0. The van der Waals surface area contributed by atoms with E-state index in [1.807, 2.05) is 4.90 Å². The van der Waals surface area contributed by atoms with E-state index in [1.54, 1.807) is 0 Å². The molecule has 3 rings (SSSR count). The van der Waals surface area contributed by atoms with Gasteiger partial charge in [-0.2, -0.15) is 0 Å². The number of carbonyl (C=O) groups is 1. The highest BCUT2D eigenvalue weighted by Crippen LogP contribution is 2.18. The van der Waals surface area contributed by atoms with Crippen LogP contribution in [0.25, 0.3) is 0 Å². The topological polar surface area (TPSA) is 35.6 Å². The maximum absolute atomic E-state index is 12.6. The summed E-state index contributed by atoms with van der Waals surface area (Å²) in [6.07, 6.45) is 0.982. The van der Waals surface area contributed by atoms with Crippen molar-refractivity contribution in [3.63, 3.8) is 0 Å². The number of fused-ring (bicyclic) bond motifs is 1. The summed E-state index contributed by atoms with van der Waals surface area (Å²) in [4.78, 5) is 16.9. The lowest BCUT2D eigenvalue weighted by Gasteiger charge is -2.37. The van der Waals surface area contributed by atoms with E-state index in [1.165, 1.54) is 11.1 Å². The zero-order valence-corrected chi connectivity index (χ0v) is 13.0. The number of piperazine rings is 1. The van der Waals surface area contributed by atoms with Gasteiger partial charge in [-0.15, -0.1) is 0 Å². The third kappa shape index (κ3) is 3.44. The van der Waals surface area contributed by atoms with Crippen LogP contribution in [0.1, 0.15) is 25.0 Å². The molecule has 2 unspecified atom stereocenters. The van der Waals surface area contributed by atoms with E-state index in [-0.39, 0.29) is 5.91 Å². The molecule has 0 bridgehead atoms. The highest BCUT2D eigenvalue weighted by molar-refractivity contribution is 5.78. The first kappa shape index (κ1) is 14.5. The summed E-state index contributed by atoms with van der Waals surface area (Å²) < 4.78 is 0. The molecule has 0 aliphatic carbocycles. The summed E-state index contributed by atoms with van der Waals surface area (Å²) in [5.41, 5.74) is 2.70. The van der Waals surface area contributed by atoms with Crippen molar-refractivity contribution in [1.29, 1.82) is 0 Å². The Kier molecular flexibility index (Phi) is 4.27. The Morgan fingerprint density at radius 3 is 2.57 bits per heavy atom. The molecule has 1 amide bonds. The number of amides is 1. The van der Waals surface area contributed by atoms with E-state index in [0.29, 0.717) is 18.6 Å². The second kappa shape index (κ2) is 6.16. The molecule has 1 aromatic carbocycles. The van der Waals surface area contributed by atoms with Crippen molar-refractivity contribution in [3.8, 4) is 0 Å². The molecule has 0 aromatic heterocycles. The standard InChI is InChI=1S/C17H25N3O/c1-13-9-19(10-14(2)18-13)12-17(21)20-8-7-15-5-3-4-6-16(15)11-20/h3-6,13-14,18H,7-12H2,1-2H3. The Morgan fingerprint density at radius 2 is 1.86 bits per heavy atom. The Labute approximate surface area is 127 Å². The van der Waals surface area contributed by atoms with Crippen molar-refractivity contribution in [2.75, 3.05) is 26.2 Å². The number of benzene rings is 1. The first-order valence-corrected chi connectivity index (χ1v) is 7.95. The maximum atomic E-state index is 12.6. The van der Waals surface area contributed by atoms with Crippen LogP contribution in [0.15, 0.2) is 24.3 Å². The molecule has 4 nitrogen and oxygen atoms in total. The van der Waals surface area contributed by atoms with E-state index in [0.717, 1.165) is 32.6 Å². The van der Waals surface area contributed by atoms with E-state index >= 15 is 0 Å². The molecule has 1 aromatic rings. The second-order valence-electron chi connectivity index (χ2n) is 6.50. The Balaban J connectivity index is 1.59. The predicted octanol–water partition coefficient (Wildman–Crippen LogP) is 1.25. The molecule has 1 saturated heterocycles. The summed E-state index contributed by atoms with van der Waals surface area (Å²) in [6, 6.07) is 9.39. The number of nitrogens with zero attached hydrogens (tertiary/aromatic N) is 2. The predicted molar refractivity (Wildman–Crippen MR) is 84.1 cm³/mol. The molecule has 114 valence electrons. The molecule has 0 radical (unpaired) electrons. The van der Waals surface area contributed by atoms with Gasteiger partial charge in [0.1, 0.15) is 0 Å². The molecule has 4 heteroatoms. The van der Waals surface area contributed by atoms with Crippen LogP contribution < -0.4 is 5.32 Å². The van der Waals surface area contributed by atoms with Crippen molar-refractivity contribution in [1.82, 2.24) is 15.1 Å². The van der Waals surface area contributed by atoms with Gasteiger partial charge in [-0.3, -0.25) is 9.69 Å². The zero-order valence-electron chi connectivity index (χ0n) is 13.0. The minimum atomic E-state index is 0.269. The molecular formula is C17H25N3O. The quantitative estimate of drug-likeness (QED) is 0.889. The van der Waals surface area contributed by atoms with Crippen molar-refractivity contribution in [2.24, 2.45) is 0 Å². The molecule has 2 atom stereocenters. The van der Waals surface area contributed by atoms with Crippen LogP contribution >= 0.6 is 0 Å². The van der Waals surface area contributed by atoms with Crippen LogP contribution in [0.2, 0.25) is 0 Å². The maximum Gasteiger partial charge on any atom is 0.237 e. The van der Waals surface area contributed by atoms with Crippen LogP contribution in [-0.2, 0) is 17.8 Å². The van der Waals surface area contributed by atoms with Gasteiger partial charge in [-0.25, -0.2) is 0 Å². The second-order valence-corrected chi connectivity index (χ2v) is 6.50. The van der Waals surface area contributed by atoms with Gasteiger partial charge in [0.25, 0.3) is 0 Å². The molecule has 0 saturated carbocycles. The fourth-order valence-corrected chi connectivity index (χ4v) is 3.57. The van der Waals surface area contributed by atoms with Gasteiger partial charge >= 0.3 is 0 Å². The van der Waals surface area contributed by atoms with E-state index in [2.05, 4.69) is 48.3 Å². The summed E-state index contributed by atoms with van der Waals surface area (Å²) in [6.45, 7) is 8.47. The Bertz CT molecular complexity index is 507. The monoisotopic (exact) mass is 287 g/mol. The third-order valence-electron chi connectivity index (χ3n) is 4.48. The minimum Gasteiger partial charge on any atom is -0.337 e. The van der Waals surface area contributed by atoms with Crippen LogP contribution in [0.5, 0.6) is 0 Å². The summed E-state index contributed by atoms with van der Waals surface area (Å²) in [5, 5.41) is 3.51. The molecular weight excluding hydrogens is 262 g/mol. The van der Waals surface area contributed by atoms with E-state index < -0.39 is 0 Å². The normalized spacial score (nSPS) is 26.5. The fraction of sp³-hybridized carbons (Fsp3) is 0.588. The number of carbonyl (C=O) groups excluding carboxylic acids is 1. The van der Waals surface area contributed by atoms with Crippen molar-refractivity contribution >= 4 is 5.91 Å². The summed E-state index contributed by atoms with van der Waals surface area (Å²) in [5.74, 6) is 0.269. The lowest BCUT2D eigenvalue weighted by molar-refractivity contribution is -0.133. The van der Waals surface area contributed by atoms with E-state index in [4.69, 9.17) is 0 Å². The van der Waals surface area contributed by atoms with Crippen LogP contribution in [0.3, 0.4) is 0 Å². The van der Waals surface area contributed by atoms with Crippen LogP contribution in [-0.4, -0.2) is 54.0 Å². The van der Waals surface area contributed by atoms with E-state index in [9.17, 15) is 4.79 Å². The number of hydrogen-bond donors (Lipinski definition) is 1. The highest BCUT2D eigenvalue weighted by atomic mass is 16.2. The molecule has 2 aliphatic heterocycles. The Morgan fingerprint density at radius 1 is 1.19 bits per heavy atom. The molecule has 1 fully saturated rings. The number of nitrogens with one attached hydrogen (secondary N) is 1. The van der Waals surface area contributed by atoms with Gasteiger partial charge in [0.05, 0.1) is 6.54 Å². The minimum absolute atomic E-state index is 0.269. The van der Waals surface area contributed by atoms with Gasteiger partial charge in [0.15, 0.2) is 0 Å². The number of hydrogen-bond acceptors (Lipinski definition) is 3. The van der Waals surface area contributed by atoms with Crippen molar-refractivity contribution in [3.05, 3.63) is 35.4 Å². The first-order chi connectivity index (χ1) is 10.1. The molecule has 2 heterocycles. The average molecular weight is 287 g/mol. The molecule has 1 N–H and O–H groups in total. The third-order valence-corrected chi connectivity index (χ3v) is 4.48. The molecule has 0 spiro atoms. The molecule has 2 aliphatic rings. The van der Waals surface area contributed by atoms with Gasteiger partial charge in [-0.05, 0) is 31.4 Å².